The first kappa shape index (κ1) is 11.3. The lowest BCUT2D eigenvalue weighted by molar-refractivity contribution is -0.117. The highest BCUT2D eigenvalue weighted by molar-refractivity contribution is 8.01. The van der Waals surface area contributed by atoms with Crippen LogP contribution in [0.2, 0.25) is 0 Å². The van der Waals surface area contributed by atoms with Gasteiger partial charge in [-0.1, -0.05) is 0 Å². The van der Waals surface area contributed by atoms with Gasteiger partial charge in [0.25, 0.3) is 0 Å². The van der Waals surface area contributed by atoms with Crippen molar-refractivity contribution in [2.24, 2.45) is 0 Å². The number of rotatable bonds is 1. The van der Waals surface area contributed by atoms with Crippen LogP contribution in [0, 0.1) is 5.82 Å². The van der Waals surface area contributed by atoms with Gasteiger partial charge in [-0.15, -0.1) is 11.8 Å². The smallest absolute Gasteiger partial charge is 0.240 e. The van der Waals surface area contributed by atoms with Crippen molar-refractivity contribution >= 4 is 23.4 Å². The third kappa shape index (κ3) is 1.75. The molecule has 0 fully saturated rings. The third-order valence-corrected chi connectivity index (χ3v) is 3.67. The molecule has 86 valence electrons. The molecular weight excluding hydrogens is 229 g/mol. The van der Waals surface area contributed by atoms with E-state index in [4.69, 9.17) is 4.74 Å². The molecule has 1 aromatic carbocycles. The normalized spacial score (nSPS) is 17.6. The van der Waals surface area contributed by atoms with Gasteiger partial charge < -0.3 is 10.1 Å². The minimum absolute atomic E-state index is 0.116. The average Bonchev–Trinajstić information content (AvgIpc) is 2.20. The Morgan fingerprint density at radius 3 is 2.75 bits per heavy atom. The van der Waals surface area contributed by atoms with Crippen LogP contribution in [0.15, 0.2) is 17.0 Å². The summed E-state index contributed by atoms with van der Waals surface area (Å²) >= 11 is 1.40. The number of thioether (sulfide) groups is 1. The van der Waals surface area contributed by atoms with Crippen molar-refractivity contribution in [3.8, 4) is 5.75 Å². The summed E-state index contributed by atoms with van der Waals surface area (Å²) in [5.41, 5.74) is 0.507. The number of ether oxygens (including phenoxy) is 1. The highest BCUT2D eigenvalue weighted by atomic mass is 32.2. The van der Waals surface area contributed by atoms with Crippen LogP contribution in [0.25, 0.3) is 0 Å². The van der Waals surface area contributed by atoms with Gasteiger partial charge in [0.1, 0.15) is 0 Å². The van der Waals surface area contributed by atoms with Crippen molar-refractivity contribution in [3.63, 3.8) is 0 Å². The first-order valence-corrected chi connectivity index (χ1v) is 5.63. The van der Waals surface area contributed by atoms with Gasteiger partial charge in [0, 0.05) is 11.0 Å². The van der Waals surface area contributed by atoms with E-state index < -0.39 is 10.6 Å². The number of methoxy groups -OCH3 is 1. The summed E-state index contributed by atoms with van der Waals surface area (Å²) in [6.45, 7) is 3.65. The standard InChI is InChI=1S/C11H12FNO2S/c1-11(2)10(14)13-7-4-6(12)8(15-3)5-9(7)16-11/h4-5H,1-3H3,(H,13,14). The number of amides is 1. The van der Waals surface area contributed by atoms with E-state index in [1.165, 1.54) is 24.9 Å². The number of carbonyl (C=O) groups is 1. The largest absolute Gasteiger partial charge is 0.494 e. The Hall–Kier alpha value is -1.23. The van der Waals surface area contributed by atoms with Gasteiger partial charge in [-0.3, -0.25) is 4.79 Å². The monoisotopic (exact) mass is 241 g/mol. The molecule has 0 aliphatic carbocycles. The van der Waals surface area contributed by atoms with E-state index in [0.717, 1.165) is 4.90 Å². The van der Waals surface area contributed by atoms with Crippen LogP contribution in [-0.4, -0.2) is 17.8 Å². The zero-order valence-corrected chi connectivity index (χ0v) is 10.1. The molecule has 0 aromatic heterocycles. The molecule has 2 rings (SSSR count). The van der Waals surface area contributed by atoms with E-state index >= 15 is 0 Å². The fourth-order valence-electron chi connectivity index (χ4n) is 1.47. The van der Waals surface area contributed by atoms with Gasteiger partial charge in [-0.05, 0) is 19.9 Å². The van der Waals surface area contributed by atoms with Crippen molar-refractivity contribution in [2.75, 3.05) is 12.4 Å². The second kappa shape index (κ2) is 3.66. The summed E-state index contributed by atoms with van der Waals surface area (Å²) in [7, 11) is 1.42. The van der Waals surface area contributed by atoms with Crippen molar-refractivity contribution < 1.29 is 13.9 Å². The number of anilines is 1. The highest BCUT2D eigenvalue weighted by Crippen LogP contribution is 2.44. The van der Waals surface area contributed by atoms with Crippen molar-refractivity contribution in [2.45, 2.75) is 23.5 Å². The maximum Gasteiger partial charge on any atom is 0.240 e. The summed E-state index contributed by atoms with van der Waals surface area (Å²) in [6.07, 6.45) is 0. The molecule has 5 heteroatoms. The molecule has 1 aromatic rings. The van der Waals surface area contributed by atoms with Crippen molar-refractivity contribution in [3.05, 3.63) is 17.9 Å². The minimum atomic E-state index is -0.546. The lowest BCUT2D eigenvalue weighted by atomic mass is 10.1. The Morgan fingerprint density at radius 2 is 2.12 bits per heavy atom. The number of fused-ring (bicyclic) bond motifs is 1. The maximum atomic E-state index is 13.4. The van der Waals surface area contributed by atoms with E-state index in [1.807, 2.05) is 13.8 Å². The topological polar surface area (TPSA) is 38.3 Å². The second-order valence-electron chi connectivity index (χ2n) is 4.05. The van der Waals surface area contributed by atoms with E-state index in [-0.39, 0.29) is 11.7 Å². The molecule has 3 nitrogen and oxygen atoms in total. The van der Waals surface area contributed by atoms with E-state index in [2.05, 4.69) is 5.32 Å². The average molecular weight is 241 g/mol. The van der Waals surface area contributed by atoms with Crippen LogP contribution in [0.3, 0.4) is 0 Å². The van der Waals surface area contributed by atoms with Crippen LogP contribution in [0.4, 0.5) is 10.1 Å². The number of benzene rings is 1. The number of halogens is 1. The molecule has 1 heterocycles. The van der Waals surface area contributed by atoms with Crippen LogP contribution in [-0.2, 0) is 4.79 Å². The van der Waals surface area contributed by atoms with E-state index in [1.54, 1.807) is 6.07 Å². The van der Waals surface area contributed by atoms with Gasteiger partial charge in [0.15, 0.2) is 11.6 Å². The molecule has 1 N–H and O–H groups in total. The zero-order chi connectivity index (χ0) is 11.9. The van der Waals surface area contributed by atoms with Gasteiger partial charge in [-0.2, -0.15) is 0 Å². The molecule has 0 spiro atoms. The molecular formula is C11H12FNO2S. The molecule has 0 unspecified atom stereocenters. The van der Waals surface area contributed by atoms with E-state index in [9.17, 15) is 9.18 Å². The molecule has 1 amide bonds. The maximum absolute atomic E-state index is 13.4. The Morgan fingerprint density at radius 1 is 1.44 bits per heavy atom. The SMILES string of the molecule is COc1cc2c(cc1F)NC(=O)C(C)(C)S2. The lowest BCUT2D eigenvalue weighted by Gasteiger charge is -2.29. The fraction of sp³-hybridized carbons (Fsp3) is 0.364. The first-order chi connectivity index (χ1) is 7.44. The number of nitrogens with one attached hydrogen (secondary N) is 1. The zero-order valence-electron chi connectivity index (χ0n) is 9.26. The van der Waals surface area contributed by atoms with Gasteiger partial charge in [-0.25, -0.2) is 4.39 Å². The van der Waals surface area contributed by atoms with Gasteiger partial charge >= 0.3 is 0 Å². The molecule has 1 aliphatic rings. The molecule has 0 radical (unpaired) electrons. The summed E-state index contributed by atoms with van der Waals surface area (Å²) in [6, 6.07) is 2.89. The van der Waals surface area contributed by atoms with Crippen molar-refractivity contribution in [1.29, 1.82) is 0 Å². The Labute approximate surface area is 97.4 Å². The highest BCUT2D eigenvalue weighted by Gasteiger charge is 2.35. The third-order valence-electron chi connectivity index (χ3n) is 2.41. The molecule has 0 saturated heterocycles. The van der Waals surface area contributed by atoms with Crippen LogP contribution >= 0.6 is 11.8 Å². The van der Waals surface area contributed by atoms with Gasteiger partial charge in [0.05, 0.1) is 17.5 Å². The lowest BCUT2D eigenvalue weighted by Crippen LogP contribution is -2.37. The fourth-order valence-corrected chi connectivity index (χ4v) is 2.55. The Bertz CT molecular complexity index is 460. The summed E-state index contributed by atoms with van der Waals surface area (Å²) in [5.74, 6) is -0.394. The van der Waals surface area contributed by atoms with Crippen LogP contribution < -0.4 is 10.1 Å². The Balaban J connectivity index is 2.49. The molecule has 1 aliphatic heterocycles. The number of hydrogen-bond donors (Lipinski definition) is 1. The van der Waals surface area contributed by atoms with Gasteiger partial charge in [0.2, 0.25) is 5.91 Å². The number of hydrogen-bond acceptors (Lipinski definition) is 3. The van der Waals surface area contributed by atoms with Crippen LogP contribution in [0.5, 0.6) is 5.75 Å². The summed E-state index contributed by atoms with van der Waals surface area (Å²) < 4.78 is 17.8. The molecule has 16 heavy (non-hydrogen) atoms. The first-order valence-electron chi connectivity index (χ1n) is 4.82. The summed E-state index contributed by atoms with van der Waals surface area (Å²) in [4.78, 5) is 12.5. The van der Waals surface area contributed by atoms with Crippen molar-refractivity contribution in [1.82, 2.24) is 0 Å². The predicted molar refractivity (Wildman–Crippen MR) is 61.5 cm³/mol. The molecule has 0 saturated carbocycles. The number of carbonyl (C=O) groups excluding carboxylic acids is 1. The second-order valence-corrected chi connectivity index (χ2v) is 5.71. The van der Waals surface area contributed by atoms with Crippen LogP contribution in [0.1, 0.15) is 13.8 Å². The van der Waals surface area contributed by atoms with E-state index in [0.29, 0.717) is 5.69 Å². The minimum Gasteiger partial charge on any atom is -0.494 e. The molecule has 0 atom stereocenters. The Kier molecular flexibility index (Phi) is 2.58. The molecule has 0 bridgehead atoms. The predicted octanol–water partition coefficient (Wildman–Crippen LogP) is 2.66. The summed E-state index contributed by atoms with van der Waals surface area (Å²) in [5, 5.41) is 2.69. The quantitative estimate of drug-likeness (QED) is 0.821.